The number of halogens is 2. The van der Waals surface area contributed by atoms with Gasteiger partial charge in [-0.3, -0.25) is 9.59 Å². The van der Waals surface area contributed by atoms with E-state index >= 15 is 0 Å². The molecule has 1 atom stereocenters. The summed E-state index contributed by atoms with van der Waals surface area (Å²) < 4.78 is 4.85. The fourth-order valence-electron chi connectivity index (χ4n) is 3.24. The maximum Gasteiger partial charge on any atom is 0.290 e. The van der Waals surface area contributed by atoms with Gasteiger partial charge in [0.25, 0.3) is 5.91 Å². The first-order valence-electron chi connectivity index (χ1n) is 9.48. The first-order chi connectivity index (χ1) is 14.4. The van der Waals surface area contributed by atoms with Crippen LogP contribution in [-0.4, -0.2) is 22.5 Å². The molecule has 1 aliphatic carbocycles. The summed E-state index contributed by atoms with van der Waals surface area (Å²) in [6, 6.07) is 14.5. The maximum absolute atomic E-state index is 12.8. The summed E-state index contributed by atoms with van der Waals surface area (Å²) in [4.78, 5) is 25.0. The fraction of sp³-hybridized carbons (Fsp3) is 0.227. The Morgan fingerprint density at radius 2 is 1.83 bits per heavy atom. The molecule has 0 radical (unpaired) electrons. The Bertz CT molecular complexity index is 1080. The van der Waals surface area contributed by atoms with E-state index < -0.39 is 11.4 Å². The van der Waals surface area contributed by atoms with E-state index in [2.05, 4.69) is 15.8 Å². The molecule has 1 heterocycles. The van der Waals surface area contributed by atoms with Crippen molar-refractivity contribution < 1.29 is 14.1 Å². The minimum atomic E-state index is -0.896. The fourth-order valence-corrected chi connectivity index (χ4v) is 3.65. The normalized spacial score (nSPS) is 15.3. The molecule has 8 heteroatoms. The Hall–Kier alpha value is -2.83. The molecule has 30 heavy (non-hydrogen) atoms. The number of nitrogens with zero attached hydrogens (tertiary/aromatic N) is 1. The molecule has 1 aliphatic rings. The second kappa shape index (κ2) is 8.13. The van der Waals surface area contributed by atoms with E-state index in [1.54, 1.807) is 6.07 Å². The lowest BCUT2D eigenvalue weighted by molar-refractivity contribution is -0.124. The van der Waals surface area contributed by atoms with E-state index in [1.165, 1.54) is 12.3 Å². The first kappa shape index (κ1) is 20.4. The van der Waals surface area contributed by atoms with Crippen LogP contribution in [0.2, 0.25) is 10.0 Å². The van der Waals surface area contributed by atoms with Gasteiger partial charge in [-0.2, -0.15) is 0 Å². The van der Waals surface area contributed by atoms with Crippen molar-refractivity contribution in [2.24, 2.45) is 0 Å². The summed E-state index contributed by atoms with van der Waals surface area (Å²) in [6.45, 7) is 1.90. The van der Waals surface area contributed by atoms with Crippen molar-refractivity contribution in [2.75, 3.05) is 0 Å². The predicted octanol–water partition coefficient (Wildman–Crippen LogP) is 4.79. The molecule has 0 saturated heterocycles. The molecule has 154 valence electrons. The number of aromatic nitrogens is 1. The molecular weight excluding hydrogens is 425 g/mol. The van der Waals surface area contributed by atoms with Gasteiger partial charge < -0.3 is 15.2 Å². The molecule has 0 unspecified atom stereocenters. The van der Waals surface area contributed by atoms with Gasteiger partial charge in [0.05, 0.1) is 22.3 Å². The van der Waals surface area contributed by atoms with Gasteiger partial charge in [-0.1, -0.05) is 64.8 Å². The van der Waals surface area contributed by atoms with Crippen molar-refractivity contribution in [1.29, 1.82) is 0 Å². The van der Waals surface area contributed by atoms with E-state index in [0.29, 0.717) is 22.9 Å². The second-order valence-corrected chi connectivity index (χ2v) is 8.12. The number of benzene rings is 2. The molecule has 2 amide bonds. The minimum Gasteiger partial charge on any atom is -0.351 e. The number of carbonyl (C=O) groups is 2. The zero-order valence-corrected chi connectivity index (χ0v) is 17.6. The van der Waals surface area contributed by atoms with Crippen molar-refractivity contribution >= 4 is 35.0 Å². The second-order valence-electron chi connectivity index (χ2n) is 7.33. The summed E-state index contributed by atoms with van der Waals surface area (Å²) in [7, 11) is 0. The van der Waals surface area contributed by atoms with Crippen LogP contribution >= 0.6 is 23.2 Å². The first-order valence-corrected chi connectivity index (χ1v) is 10.2. The Balaban J connectivity index is 1.42. The lowest BCUT2D eigenvalue weighted by Crippen LogP contribution is -2.49. The molecule has 1 fully saturated rings. The van der Waals surface area contributed by atoms with Crippen LogP contribution in [0.1, 0.15) is 41.9 Å². The minimum absolute atomic E-state index is 0.0809. The molecule has 0 aliphatic heterocycles. The monoisotopic (exact) mass is 443 g/mol. The van der Waals surface area contributed by atoms with Crippen molar-refractivity contribution in [3.8, 4) is 11.1 Å². The zero-order chi connectivity index (χ0) is 21.3. The molecule has 1 saturated carbocycles. The van der Waals surface area contributed by atoms with Gasteiger partial charge in [0.1, 0.15) is 5.54 Å². The summed E-state index contributed by atoms with van der Waals surface area (Å²) >= 11 is 12.4. The van der Waals surface area contributed by atoms with Crippen molar-refractivity contribution in [1.82, 2.24) is 15.8 Å². The molecule has 2 N–H and O–H groups in total. The van der Waals surface area contributed by atoms with E-state index in [1.807, 2.05) is 43.3 Å². The molecule has 6 nitrogen and oxygen atoms in total. The van der Waals surface area contributed by atoms with Gasteiger partial charge >= 0.3 is 0 Å². The van der Waals surface area contributed by atoms with Crippen LogP contribution in [-0.2, 0) is 4.79 Å². The van der Waals surface area contributed by atoms with Gasteiger partial charge in [0.2, 0.25) is 11.7 Å². The lowest BCUT2D eigenvalue weighted by atomic mass is 10.0. The number of hydrogen-bond donors (Lipinski definition) is 2. The van der Waals surface area contributed by atoms with Crippen molar-refractivity contribution in [3.05, 3.63) is 76.1 Å². The third-order valence-electron chi connectivity index (χ3n) is 5.22. The Morgan fingerprint density at radius 1 is 1.10 bits per heavy atom. The Kier molecular flexibility index (Phi) is 5.54. The zero-order valence-electron chi connectivity index (χ0n) is 16.1. The van der Waals surface area contributed by atoms with E-state index in [9.17, 15) is 9.59 Å². The number of amides is 2. The summed E-state index contributed by atoms with van der Waals surface area (Å²) in [5.41, 5.74) is 1.82. The molecule has 3 aromatic rings. The summed E-state index contributed by atoms with van der Waals surface area (Å²) in [5.74, 6) is -0.585. The smallest absolute Gasteiger partial charge is 0.290 e. The van der Waals surface area contributed by atoms with Crippen molar-refractivity contribution in [3.63, 3.8) is 0 Å². The number of nitrogens with one attached hydrogen (secondary N) is 2. The van der Waals surface area contributed by atoms with Crippen LogP contribution in [0, 0.1) is 0 Å². The largest absolute Gasteiger partial charge is 0.351 e. The van der Waals surface area contributed by atoms with Gasteiger partial charge in [-0.15, -0.1) is 0 Å². The van der Waals surface area contributed by atoms with E-state index in [4.69, 9.17) is 27.7 Å². The van der Waals surface area contributed by atoms with Crippen LogP contribution in [0.5, 0.6) is 0 Å². The van der Waals surface area contributed by atoms with Gasteiger partial charge in [0.15, 0.2) is 0 Å². The van der Waals surface area contributed by atoms with E-state index in [0.717, 1.165) is 16.7 Å². The van der Waals surface area contributed by atoms with Crippen LogP contribution in [0.25, 0.3) is 11.1 Å². The average molecular weight is 444 g/mol. The van der Waals surface area contributed by atoms with Crippen LogP contribution in [0.15, 0.2) is 59.3 Å². The van der Waals surface area contributed by atoms with Crippen molar-refractivity contribution in [2.45, 2.75) is 31.3 Å². The highest BCUT2D eigenvalue weighted by atomic mass is 35.5. The Labute approximate surface area is 183 Å². The third-order valence-corrected chi connectivity index (χ3v) is 6.04. The van der Waals surface area contributed by atoms with Gasteiger partial charge in [-0.25, -0.2) is 0 Å². The summed E-state index contributed by atoms with van der Waals surface area (Å²) in [6.07, 6.45) is 2.55. The van der Waals surface area contributed by atoms with Crippen LogP contribution in [0.3, 0.4) is 0 Å². The third kappa shape index (κ3) is 4.06. The van der Waals surface area contributed by atoms with Gasteiger partial charge in [0, 0.05) is 11.6 Å². The lowest BCUT2D eigenvalue weighted by Gasteiger charge is -2.21. The number of rotatable bonds is 6. The molecular formula is C22H19Cl2N3O3. The SMILES string of the molecule is C[C@@H](NC(=O)C1(NC(=O)c2ccno2)CC1)c1ccc(-c2cccc(Cl)c2Cl)cc1. The molecule has 2 aromatic carbocycles. The highest BCUT2D eigenvalue weighted by molar-refractivity contribution is 6.43. The number of hydrogen-bond acceptors (Lipinski definition) is 4. The topological polar surface area (TPSA) is 84.2 Å². The average Bonchev–Trinajstić information content (AvgIpc) is 3.31. The molecule has 1 aromatic heterocycles. The van der Waals surface area contributed by atoms with E-state index in [-0.39, 0.29) is 17.7 Å². The standard InChI is InChI=1S/C22H19Cl2N3O3/c1-13(14-5-7-15(8-6-14)16-3-2-4-17(23)19(16)24)26-21(29)22(10-11-22)27-20(28)18-9-12-25-30-18/h2-9,12-13H,10-11H2,1H3,(H,26,29)(H,27,28)/t13-/m1/s1. The highest BCUT2D eigenvalue weighted by Gasteiger charge is 2.51. The van der Waals surface area contributed by atoms with Crippen LogP contribution in [0.4, 0.5) is 0 Å². The van der Waals surface area contributed by atoms with Crippen LogP contribution < -0.4 is 10.6 Å². The highest BCUT2D eigenvalue weighted by Crippen LogP contribution is 2.37. The quantitative estimate of drug-likeness (QED) is 0.573. The molecule has 4 rings (SSSR count). The Morgan fingerprint density at radius 3 is 2.47 bits per heavy atom. The maximum atomic E-state index is 12.8. The van der Waals surface area contributed by atoms with Gasteiger partial charge in [-0.05, 0) is 37.0 Å². The number of carbonyl (C=O) groups excluding carboxylic acids is 2. The molecule has 0 bridgehead atoms. The summed E-state index contributed by atoms with van der Waals surface area (Å²) in [5, 5.41) is 10.3. The molecule has 0 spiro atoms. The predicted molar refractivity (Wildman–Crippen MR) is 114 cm³/mol.